The van der Waals surface area contributed by atoms with Crippen molar-refractivity contribution < 1.29 is 17.9 Å². The van der Waals surface area contributed by atoms with Crippen molar-refractivity contribution in [3.8, 4) is 0 Å². The molecule has 2 atom stereocenters. The Morgan fingerprint density at radius 1 is 1.39 bits per heavy atom. The summed E-state index contributed by atoms with van der Waals surface area (Å²) >= 11 is 0. The number of aliphatic hydroxyl groups is 1. The lowest BCUT2D eigenvalue weighted by atomic mass is 10.1. The van der Waals surface area contributed by atoms with E-state index in [0.717, 1.165) is 0 Å². The van der Waals surface area contributed by atoms with Crippen LogP contribution in [-0.2, 0) is 10.0 Å². The van der Waals surface area contributed by atoms with Crippen LogP contribution >= 0.6 is 0 Å². The predicted molar refractivity (Wildman–Crippen MR) is 67.2 cm³/mol. The number of rotatable bonds is 5. The quantitative estimate of drug-likeness (QED) is 0.854. The highest BCUT2D eigenvalue weighted by Gasteiger charge is 2.23. The summed E-state index contributed by atoms with van der Waals surface area (Å²) in [5.74, 6) is -0.769. The van der Waals surface area contributed by atoms with Crippen molar-refractivity contribution in [3.63, 3.8) is 0 Å². The van der Waals surface area contributed by atoms with Gasteiger partial charge in [0.05, 0.1) is 4.90 Å². The molecule has 2 unspecified atom stereocenters. The molecule has 0 bridgehead atoms. The van der Waals surface area contributed by atoms with Crippen molar-refractivity contribution in [1.29, 1.82) is 0 Å². The summed E-state index contributed by atoms with van der Waals surface area (Å²) in [6.07, 6.45) is 0. The average Bonchev–Trinajstić information content (AvgIpc) is 2.30. The van der Waals surface area contributed by atoms with Crippen molar-refractivity contribution in [1.82, 2.24) is 4.72 Å². The van der Waals surface area contributed by atoms with Gasteiger partial charge in [0.2, 0.25) is 10.0 Å². The molecule has 0 aliphatic carbocycles. The molecule has 0 spiro atoms. The average molecular weight is 275 g/mol. The van der Waals surface area contributed by atoms with Gasteiger partial charge in [0.25, 0.3) is 0 Å². The van der Waals surface area contributed by atoms with Gasteiger partial charge >= 0.3 is 0 Å². The van der Waals surface area contributed by atoms with Crippen LogP contribution in [0.5, 0.6) is 0 Å². The van der Waals surface area contributed by atoms with Crippen LogP contribution in [0.25, 0.3) is 0 Å². The molecule has 2 N–H and O–H groups in total. The van der Waals surface area contributed by atoms with E-state index < -0.39 is 21.9 Å². The molecule has 4 nitrogen and oxygen atoms in total. The number of nitrogens with one attached hydrogen (secondary N) is 1. The molecule has 0 aliphatic rings. The van der Waals surface area contributed by atoms with Crippen LogP contribution in [0.4, 0.5) is 4.39 Å². The van der Waals surface area contributed by atoms with Gasteiger partial charge in [-0.25, -0.2) is 17.5 Å². The molecule has 1 aromatic rings. The van der Waals surface area contributed by atoms with Gasteiger partial charge < -0.3 is 5.11 Å². The first kappa shape index (κ1) is 15.1. The number of hydrogen-bond donors (Lipinski definition) is 2. The maximum atomic E-state index is 13.3. The van der Waals surface area contributed by atoms with Gasteiger partial charge in [0, 0.05) is 18.2 Å². The zero-order valence-electron chi connectivity index (χ0n) is 10.6. The van der Waals surface area contributed by atoms with Crippen LogP contribution in [0, 0.1) is 18.7 Å². The van der Waals surface area contributed by atoms with Crippen LogP contribution < -0.4 is 4.72 Å². The predicted octanol–water partition coefficient (Wildman–Crippen LogP) is 1.43. The molecule has 0 aliphatic heterocycles. The first-order valence-electron chi connectivity index (χ1n) is 5.68. The number of hydrogen-bond acceptors (Lipinski definition) is 3. The third-order valence-electron chi connectivity index (χ3n) is 2.99. The topological polar surface area (TPSA) is 66.4 Å². The lowest BCUT2D eigenvalue weighted by Crippen LogP contribution is -2.38. The molecule has 18 heavy (non-hydrogen) atoms. The lowest BCUT2D eigenvalue weighted by molar-refractivity contribution is 0.216. The summed E-state index contributed by atoms with van der Waals surface area (Å²) in [6.45, 7) is 4.69. The molecule has 1 rings (SSSR count). The summed E-state index contributed by atoms with van der Waals surface area (Å²) in [7, 11) is -3.77. The van der Waals surface area contributed by atoms with Gasteiger partial charge in [-0.1, -0.05) is 13.0 Å². The monoisotopic (exact) mass is 275 g/mol. The second-order valence-electron chi connectivity index (χ2n) is 4.43. The van der Waals surface area contributed by atoms with Crippen molar-refractivity contribution in [2.24, 2.45) is 5.92 Å². The normalized spacial score (nSPS) is 15.4. The third kappa shape index (κ3) is 3.28. The van der Waals surface area contributed by atoms with Gasteiger partial charge in [-0.15, -0.1) is 0 Å². The molecule has 0 saturated carbocycles. The van der Waals surface area contributed by atoms with Gasteiger partial charge in [-0.05, 0) is 31.9 Å². The van der Waals surface area contributed by atoms with Crippen LogP contribution in [-0.4, -0.2) is 26.2 Å². The molecule has 0 aromatic heterocycles. The second kappa shape index (κ2) is 5.77. The third-order valence-corrected chi connectivity index (χ3v) is 4.69. The minimum atomic E-state index is -3.77. The molecule has 102 valence electrons. The van der Waals surface area contributed by atoms with Gasteiger partial charge in [-0.2, -0.15) is 0 Å². The van der Waals surface area contributed by atoms with E-state index in [1.165, 1.54) is 25.1 Å². The molecule has 0 heterocycles. The van der Waals surface area contributed by atoms with E-state index in [0.29, 0.717) is 0 Å². The molecule has 1 aromatic carbocycles. The summed E-state index contributed by atoms with van der Waals surface area (Å²) in [5.41, 5.74) is 0.0915. The molecule has 0 fully saturated rings. The number of halogens is 1. The Morgan fingerprint density at radius 3 is 2.56 bits per heavy atom. The smallest absolute Gasteiger partial charge is 0.241 e. The lowest BCUT2D eigenvalue weighted by Gasteiger charge is -2.20. The fraction of sp³-hybridized carbons (Fsp3) is 0.500. The minimum Gasteiger partial charge on any atom is -0.396 e. The van der Waals surface area contributed by atoms with Gasteiger partial charge in [0.15, 0.2) is 0 Å². The first-order chi connectivity index (χ1) is 8.29. The summed E-state index contributed by atoms with van der Waals surface area (Å²) in [5, 5.41) is 8.98. The zero-order valence-corrected chi connectivity index (χ0v) is 11.5. The largest absolute Gasteiger partial charge is 0.396 e. The highest BCUT2D eigenvalue weighted by molar-refractivity contribution is 7.89. The van der Waals surface area contributed by atoms with Crippen molar-refractivity contribution >= 4 is 10.0 Å². The number of sulfonamides is 1. The Bertz CT molecular complexity index is 516. The van der Waals surface area contributed by atoms with E-state index in [1.807, 2.05) is 0 Å². The van der Waals surface area contributed by atoms with Gasteiger partial charge in [-0.3, -0.25) is 0 Å². The maximum absolute atomic E-state index is 13.3. The van der Waals surface area contributed by atoms with E-state index in [-0.39, 0.29) is 23.0 Å². The molecular formula is C12H18FNO3S. The Hall–Kier alpha value is -0.980. The summed E-state index contributed by atoms with van der Waals surface area (Å²) in [4.78, 5) is -0.0699. The summed E-state index contributed by atoms with van der Waals surface area (Å²) in [6, 6.07) is 3.50. The van der Waals surface area contributed by atoms with Crippen molar-refractivity contribution in [2.75, 3.05) is 6.61 Å². The van der Waals surface area contributed by atoms with E-state index in [9.17, 15) is 12.8 Å². The van der Waals surface area contributed by atoms with E-state index in [4.69, 9.17) is 5.11 Å². The first-order valence-corrected chi connectivity index (χ1v) is 7.16. The standard InChI is InChI=1S/C12H18FNO3S/c1-8(7-15)10(3)14-18(16,17)12-6-4-5-11(13)9(12)2/h4-6,8,10,14-15H,7H2,1-3H3. The Balaban J connectivity index is 3.04. The Kier molecular flexibility index (Phi) is 4.84. The molecule has 0 saturated heterocycles. The van der Waals surface area contributed by atoms with E-state index in [2.05, 4.69) is 4.72 Å². The SMILES string of the molecule is Cc1c(F)cccc1S(=O)(=O)NC(C)C(C)CO. The Labute approximate surface area is 107 Å². The molecular weight excluding hydrogens is 257 g/mol. The van der Waals surface area contributed by atoms with Crippen LogP contribution in [0.2, 0.25) is 0 Å². The van der Waals surface area contributed by atoms with E-state index in [1.54, 1.807) is 13.8 Å². The fourth-order valence-corrected chi connectivity index (χ4v) is 3.07. The van der Waals surface area contributed by atoms with Crippen LogP contribution in [0.1, 0.15) is 19.4 Å². The van der Waals surface area contributed by atoms with Crippen LogP contribution in [0.15, 0.2) is 23.1 Å². The number of benzene rings is 1. The van der Waals surface area contributed by atoms with Crippen molar-refractivity contribution in [2.45, 2.75) is 31.7 Å². The second-order valence-corrected chi connectivity index (χ2v) is 6.12. The summed E-state index contributed by atoms with van der Waals surface area (Å²) < 4.78 is 39.9. The molecule has 6 heteroatoms. The zero-order chi connectivity index (χ0) is 13.9. The fourth-order valence-electron chi connectivity index (χ4n) is 1.46. The molecule has 0 radical (unpaired) electrons. The Morgan fingerprint density at radius 2 is 2.00 bits per heavy atom. The molecule has 0 amide bonds. The van der Waals surface area contributed by atoms with E-state index >= 15 is 0 Å². The van der Waals surface area contributed by atoms with Crippen molar-refractivity contribution in [3.05, 3.63) is 29.6 Å². The maximum Gasteiger partial charge on any atom is 0.241 e. The highest BCUT2D eigenvalue weighted by atomic mass is 32.2. The number of aliphatic hydroxyl groups excluding tert-OH is 1. The minimum absolute atomic E-state index is 0.0699. The van der Waals surface area contributed by atoms with Gasteiger partial charge in [0.1, 0.15) is 5.82 Å². The van der Waals surface area contributed by atoms with Crippen LogP contribution in [0.3, 0.4) is 0 Å². The highest BCUT2D eigenvalue weighted by Crippen LogP contribution is 2.18.